The second kappa shape index (κ2) is 6.23. The van der Waals surface area contributed by atoms with E-state index in [2.05, 4.69) is 13.5 Å². The van der Waals surface area contributed by atoms with E-state index in [0.717, 1.165) is 31.3 Å². The number of unbranched alkanes of at least 4 members (excludes halogenated alkanes) is 2. The van der Waals surface area contributed by atoms with E-state index in [4.69, 9.17) is 15.8 Å². The molecule has 3 nitrogen and oxygen atoms in total. The molecule has 0 bridgehead atoms. The minimum atomic E-state index is -1.47. The Kier molecular flexibility index (Phi) is 6.07. The van der Waals surface area contributed by atoms with E-state index in [0.29, 0.717) is 0 Å². The zero-order valence-electron chi connectivity index (χ0n) is 7.66. The molecule has 1 atom stereocenters. The average molecular weight is 171 g/mol. The second-order valence-corrected chi connectivity index (χ2v) is 3.05. The van der Waals surface area contributed by atoms with Crippen LogP contribution < -0.4 is 5.73 Å². The van der Waals surface area contributed by atoms with Crippen molar-refractivity contribution in [3.63, 3.8) is 0 Å². The molecule has 4 N–H and O–H groups in total. The molecule has 0 saturated carbocycles. The highest BCUT2D eigenvalue weighted by molar-refractivity contribution is 6.44. The van der Waals surface area contributed by atoms with Gasteiger partial charge in [0.1, 0.15) is 0 Å². The smallest absolute Gasteiger partial charge is 0.426 e. The van der Waals surface area contributed by atoms with Crippen molar-refractivity contribution in [1.29, 1.82) is 0 Å². The van der Waals surface area contributed by atoms with Gasteiger partial charge in [-0.1, -0.05) is 31.9 Å². The largest absolute Gasteiger partial charge is 0.473 e. The highest BCUT2D eigenvalue weighted by Gasteiger charge is 2.20. The Morgan fingerprint density at radius 1 is 1.50 bits per heavy atom. The first-order chi connectivity index (χ1) is 5.59. The van der Waals surface area contributed by atoms with E-state index in [9.17, 15) is 0 Å². The Bertz CT molecular complexity index is 139. The number of hydrogen-bond acceptors (Lipinski definition) is 3. The van der Waals surface area contributed by atoms with E-state index in [1.807, 2.05) is 0 Å². The third-order valence-corrected chi connectivity index (χ3v) is 1.89. The van der Waals surface area contributed by atoms with Crippen LogP contribution in [0.25, 0.3) is 0 Å². The van der Waals surface area contributed by atoms with Gasteiger partial charge in [-0.3, -0.25) is 0 Å². The molecule has 0 aromatic carbocycles. The second-order valence-electron chi connectivity index (χ2n) is 3.05. The summed E-state index contributed by atoms with van der Waals surface area (Å²) in [6.45, 7) is 5.82. The van der Waals surface area contributed by atoms with Crippen LogP contribution in [0, 0.1) is 0 Å². The lowest BCUT2D eigenvalue weighted by atomic mass is 9.75. The molecule has 0 fully saturated rings. The molecule has 0 aliphatic carbocycles. The zero-order valence-corrected chi connectivity index (χ0v) is 7.66. The van der Waals surface area contributed by atoms with E-state index in [-0.39, 0.29) is 0 Å². The van der Waals surface area contributed by atoms with Gasteiger partial charge in [0.2, 0.25) is 0 Å². The van der Waals surface area contributed by atoms with E-state index >= 15 is 0 Å². The highest BCUT2D eigenvalue weighted by Crippen LogP contribution is 2.09. The third kappa shape index (κ3) is 4.54. The molecule has 0 rings (SSSR count). The van der Waals surface area contributed by atoms with Gasteiger partial charge in [-0.2, -0.15) is 0 Å². The van der Waals surface area contributed by atoms with E-state index in [1.165, 1.54) is 0 Å². The van der Waals surface area contributed by atoms with Crippen molar-refractivity contribution >= 4 is 7.12 Å². The van der Waals surface area contributed by atoms with Crippen molar-refractivity contribution in [3.05, 3.63) is 12.2 Å². The summed E-state index contributed by atoms with van der Waals surface area (Å²) >= 11 is 0. The van der Waals surface area contributed by atoms with Gasteiger partial charge in [0.15, 0.2) is 0 Å². The fourth-order valence-corrected chi connectivity index (χ4v) is 0.980. The average Bonchev–Trinajstić information content (AvgIpc) is 2.03. The highest BCUT2D eigenvalue weighted by atomic mass is 16.4. The molecule has 0 aliphatic heterocycles. The molecule has 0 saturated heterocycles. The monoisotopic (exact) mass is 171 g/mol. The standard InChI is InChI=1S/C8H18BNO2/c1-3-4-5-6-7(2)8(10)9(11)12/h8,11-12H,2-6,10H2,1H3. The first-order valence-corrected chi connectivity index (χ1v) is 4.39. The molecule has 0 aliphatic rings. The van der Waals surface area contributed by atoms with Crippen LogP contribution in [0.2, 0.25) is 0 Å². The summed E-state index contributed by atoms with van der Waals surface area (Å²) in [5.41, 5.74) is 6.16. The van der Waals surface area contributed by atoms with Crippen LogP contribution in [0.1, 0.15) is 32.6 Å². The van der Waals surface area contributed by atoms with Crippen molar-refractivity contribution in [2.45, 2.75) is 38.5 Å². The van der Waals surface area contributed by atoms with Crippen molar-refractivity contribution in [1.82, 2.24) is 0 Å². The van der Waals surface area contributed by atoms with Crippen LogP contribution in [0.15, 0.2) is 12.2 Å². The van der Waals surface area contributed by atoms with Gasteiger partial charge in [0.05, 0.1) is 5.94 Å². The molecule has 1 unspecified atom stereocenters. The van der Waals surface area contributed by atoms with E-state index < -0.39 is 13.1 Å². The number of rotatable bonds is 6. The van der Waals surface area contributed by atoms with Gasteiger partial charge in [-0.25, -0.2) is 0 Å². The summed E-state index contributed by atoms with van der Waals surface area (Å²) in [4.78, 5) is 0. The fourth-order valence-electron chi connectivity index (χ4n) is 0.980. The Morgan fingerprint density at radius 3 is 2.50 bits per heavy atom. The predicted molar refractivity (Wildman–Crippen MR) is 51.4 cm³/mol. The Hall–Kier alpha value is -0.315. The summed E-state index contributed by atoms with van der Waals surface area (Å²) in [7, 11) is -1.47. The summed E-state index contributed by atoms with van der Waals surface area (Å²) in [5, 5.41) is 17.4. The van der Waals surface area contributed by atoms with Crippen LogP contribution in [0.5, 0.6) is 0 Å². The van der Waals surface area contributed by atoms with Crippen molar-refractivity contribution in [2.24, 2.45) is 5.73 Å². The maximum absolute atomic E-state index is 8.72. The van der Waals surface area contributed by atoms with E-state index in [1.54, 1.807) is 0 Å². The van der Waals surface area contributed by atoms with Crippen LogP contribution in [-0.4, -0.2) is 23.1 Å². The summed E-state index contributed by atoms with van der Waals surface area (Å²) in [5.74, 6) is -0.693. The molecule has 70 valence electrons. The molecular weight excluding hydrogens is 153 g/mol. The Morgan fingerprint density at radius 2 is 2.08 bits per heavy atom. The third-order valence-electron chi connectivity index (χ3n) is 1.89. The van der Waals surface area contributed by atoms with Crippen molar-refractivity contribution in [3.8, 4) is 0 Å². The minimum Gasteiger partial charge on any atom is -0.426 e. The molecule has 0 spiro atoms. The maximum atomic E-state index is 8.72. The Labute approximate surface area is 74.4 Å². The Balaban J connectivity index is 3.57. The van der Waals surface area contributed by atoms with Crippen molar-refractivity contribution < 1.29 is 10.0 Å². The predicted octanol–water partition coefficient (Wildman–Crippen LogP) is 0.462. The van der Waals surface area contributed by atoms with Crippen LogP contribution in [0.4, 0.5) is 0 Å². The fraction of sp³-hybridized carbons (Fsp3) is 0.750. The SMILES string of the molecule is C=C(CCCCC)C(N)B(O)O. The first-order valence-electron chi connectivity index (χ1n) is 4.39. The zero-order chi connectivity index (χ0) is 9.56. The molecule has 0 amide bonds. The topological polar surface area (TPSA) is 66.5 Å². The van der Waals surface area contributed by atoms with Gasteiger partial charge in [0.25, 0.3) is 0 Å². The van der Waals surface area contributed by atoms with Gasteiger partial charge < -0.3 is 15.8 Å². The summed E-state index contributed by atoms with van der Waals surface area (Å²) in [6, 6.07) is 0. The number of nitrogens with two attached hydrogens (primary N) is 1. The van der Waals surface area contributed by atoms with Crippen LogP contribution >= 0.6 is 0 Å². The molecular formula is C8H18BNO2. The maximum Gasteiger partial charge on any atom is 0.473 e. The normalized spacial score (nSPS) is 12.7. The quantitative estimate of drug-likeness (QED) is 0.309. The summed E-state index contributed by atoms with van der Waals surface area (Å²) < 4.78 is 0. The molecule has 12 heavy (non-hydrogen) atoms. The van der Waals surface area contributed by atoms with Gasteiger partial charge in [-0.05, 0) is 12.8 Å². The lowest BCUT2D eigenvalue weighted by molar-refractivity contribution is 0.393. The lowest BCUT2D eigenvalue weighted by Gasteiger charge is -2.12. The van der Waals surface area contributed by atoms with Crippen LogP contribution in [-0.2, 0) is 0 Å². The summed E-state index contributed by atoms with van der Waals surface area (Å²) in [6.07, 6.45) is 4.08. The van der Waals surface area contributed by atoms with Crippen molar-refractivity contribution in [2.75, 3.05) is 0 Å². The molecule has 0 heterocycles. The first kappa shape index (κ1) is 11.7. The van der Waals surface area contributed by atoms with Gasteiger partial charge >= 0.3 is 7.12 Å². The molecule has 4 heteroatoms. The number of hydrogen-bond donors (Lipinski definition) is 3. The molecule has 0 aromatic heterocycles. The van der Waals surface area contributed by atoms with Crippen LogP contribution in [0.3, 0.4) is 0 Å². The molecule has 0 radical (unpaired) electrons. The molecule has 0 aromatic rings. The minimum absolute atomic E-state index is 0.693. The lowest BCUT2D eigenvalue weighted by Crippen LogP contribution is -2.40. The van der Waals surface area contributed by atoms with Gasteiger partial charge in [-0.15, -0.1) is 0 Å². The van der Waals surface area contributed by atoms with Gasteiger partial charge in [0, 0.05) is 0 Å².